The monoisotopic (exact) mass is 404 g/mol. The number of hydrogen-bond acceptors (Lipinski definition) is 5. The Morgan fingerprint density at radius 3 is 2.52 bits per heavy atom. The molecule has 0 saturated heterocycles. The fourth-order valence-electron chi connectivity index (χ4n) is 3.31. The number of halogens is 3. The summed E-state index contributed by atoms with van der Waals surface area (Å²) >= 11 is 0. The third kappa shape index (κ3) is 3.79. The number of alkyl halides is 2. The lowest BCUT2D eigenvalue weighted by Crippen LogP contribution is -2.33. The minimum Gasteiger partial charge on any atom is -0.340 e. The second-order valence-corrected chi connectivity index (χ2v) is 7.35. The first-order chi connectivity index (χ1) is 13.8. The molecule has 7 nitrogen and oxygen atoms in total. The van der Waals surface area contributed by atoms with Crippen molar-refractivity contribution >= 4 is 17.1 Å². The van der Waals surface area contributed by atoms with E-state index in [-0.39, 0.29) is 17.7 Å². The average molecular weight is 404 g/mol. The van der Waals surface area contributed by atoms with Crippen LogP contribution in [0.5, 0.6) is 0 Å². The molecular weight excluding hydrogens is 385 g/mol. The summed E-state index contributed by atoms with van der Waals surface area (Å²) < 4.78 is 40.8. The van der Waals surface area contributed by atoms with Crippen LogP contribution in [0.25, 0.3) is 11.2 Å². The highest BCUT2D eigenvalue weighted by atomic mass is 19.3. The topological polar surface area (TPSA) is 85.6 Å². The van der Waals surface area contributed by atoms with Crippen LogP contribution in [0.1, 0.15) is 67.2 Å². The number of nitrogens with one attached hydrogen (secondary N) is 1. The zero-order valence-electron chi connectivity index (χ0n) is 15.8. The van der Waals surface area contributed by atoms with Gasteiger partial charge in [-0.25, -0.2) is 28.1 Å². The molecule has 1 saturated carbocycles. The molecule has 1 aliphatic rings. The van der Waals surface area contributed by atoms with Crippen molar-refractivity contribution in [2.45, 2.75) is 45.2 Å². The van der Waals surface area contributed by atoms with E-state index in [2.05, 4.69) is 25.3 Å². The number of imidazole rings is 1. The quantitative estimate of drug-likeness (QED) is 0.676. The van der Waals surface area contributed by atoms with E-state index in [9.17, 15) is 18.0 Å². The molecule has 3 aromatic heterocycles. The van der Waals surface area contributed by atoms with Gasteiger partial charge in [-0.1, -0.05) is 0 Å². The molecule has 1 atom stereocenters. The maximum absolute atomic E-state index is 13.6. The van der Waals surface area contributed by atoms with Gasteiger partial charge in [0.1, 0.15) is 28.5 Å². The summed E-state index contributed by atoms with van der Waals surface area (Å²) in [5.74, 6) is -0.261. The Balaban J connectivity index is 1.68. The SMILES string of the molecule is CC(C)n1c([C@@H](NC(=O)c2cnc(C(F)F)cn2)C2CC2)nc2cc(F)cnc21. The van der Waals surface area contributed by atoms with Crippen molar-refractivity contribution < 1.29 is 18.0 Å². The molecule has 1 amide bonds. The van der Waals surface area contributed by atoms with Gasteiger partial charge in [0.25, 0.3) is 12.3 Å². The fraction of sp³-hybridized carbons (Fsp3) is 0.421. The first-order valence-electron chi connectivity index (χ1n) is 9.29. The molecule has 10 heteroatoms. The fourth-order valence-corrected chi connectivity index (χ4v) is 3.31. The average Bonchev–Trinajstić information content (AvgIpc) is 3.45. The molecule has 1 aliphatic carbocycles. The van der Waals surface area contributed by atoms with E-state index in [0.29, 0.717) is 17.0 Å². The van der Waals surface area contributed by atoms with Crippen LogP contribution in [0.4, 0.5) is 13.2 Å². The predicted octanol–water partition coefficient (Wildman–Crippen LogP) is 3.76. The van der Waals surface area contributed by atoms with Gasteiger partial charge < -0.3 is 9.88 Å². The molecule has 0 unspecified atom stereocenters. The largest absolute Gasteiger partial charge is 0.340 e. The molecule has 3 heterocycles. The first kappa shape index (κ1) is 19.3. The number of pyridine rings is 1. The lowest BCUT2D eigenvalue weighted by molar-refractivity contribution is 0.0921. The molecule has 4 rings (SSSR count). The number of amides is 1. The van der Waals surface area contributed by atoms with Crippen LogP contribution in [0.3, 0.4) is 0 Å². The zero-order chi connectivity index (χ0) is 20.7. The highest BCUT2D eigenvalue weighted by Gasteiger charge is 2.37. The molecule has 29 heavy (non-hydrogen) atoms. The predicted molar refractivity (Wildman–Crippen MR) is 97.8 cm³/mol. The number of hydrogen-bond donors (Lipinski definition) is 1. The van der Waals surface area contributed by atoms with Crippen molar-refractivity contribution in [1.29, 1.82) is 0 Å². The highest BCUT2D eigenvalue weighted by Crippen LogP contribution is 2.42. The molecule has 0 bridgehead atoms. The molecule has 3 aromatic rings. The van der Waals surface area contributed by atoms with Crippen molar-refractivity contribution in [3.63, 3.8) is 0 Å². The molecule has 1 N–H and O–H groups in total. The van der Waals surface area contributed by atoms with Crippen molar-refractivity contribution in [3.05, 3.63) is 47.7 Å². The standard InChI is InChI=1S/C19H19F3N6O/c1-9(2)28-17-12(5-11(20)6-25-17)26-18(28)15(10-3-4-10)27-19(29)14-8-23-13(7-24-14)16(21)22/h5-10,15-16H,3-4H2,1-2H3,(H,27,29)/t15-/m0/s1. The van der Waals surface area contributed by atoms with Crippen molar-refractivity contribution in [2.75, 3.05) is 0 Å². The lowest BCUT2D eigenvalue weighted by atomic mass is 10.1. The number of fused-ring (bicyclic) bond motifs is 1. The third-order valence-electron chi connectivity index (χ3n) is 4.83. The summed E-state index contributed by atoms with van der Waals surface area (Å²) in [5, 5.41) is 2.90. The highest BCUT2D eigenvalue weighted by molar-refractivity contribution is 5.92. The number of aromatic nitrogens is 5. The number of carbonyl (C=O) groups excluding carboxylic acids is 1. The Bertz CT molecular complexity index is 1050. The Hall–Kier alpha value is -3.04. The maximum atomic E-state index is 13.6. The van der Waals surface area contributed by atoms with Crippen molar-refractivity contribution in [2.24, 2.45) is 5.92 Å². The van der Waals surface area contributed by atoms with Gasteiger partial charge in [0.05, 0.1) is 24.6 Å². The third-order valence-corrected chi connectivity index (χ3v) is 4.83. The summed E-state index contributed by atoms with van der Waals surface area (Å²) in [6.45, 7) is 3.91. The van der Waals surface area contributed by atoms with Crippen LogP contribution in [0.2, 0.25) is 0 Å². The lowest BCUT2D eigenvalue weighted by Gasteiger charge is -2.21. The second-order valence-electron chi connectivity index (χ2n) is 7.35. The summed E-state index contributed by atoms with van der Waals surface area (Å²) in [7, 11) is 0. The molecule has 1 fully saturated rings. The molecule has 0 spiro atoms. The van der Waals surface area contributed by atoms with Crippen LogP contribution in [0, 0.1) is 11.7 Å². The zero-order valence-corrected chi connectivity index (χ0v) is 15.8. The Morgan fingerprint density at radius 1 is 1.17 bits per heavy atom. The molecule has 152 valence electrons. The van der Waals surface area contributed by atoms with Crippen LogP contribution < -0.4 is 5.32 Å². The molecular formula is C19H19F3N6O. The summed E-state index contributed by atoms with van der Waals surface area (Å²) in [6.07, 6.45) is 2.12. The maximum Gasteiger partial charge on any atom is 0.281 e. The van der Waals surface area contributed by atoms with Crippen molar-refractivity contribution in [3.8, 4) is 0 Å². The number of rotatable bonds is 6. The van der Waals surface area contributed by atoms with Crippen molar-refractivity contribution in [1.82, 2.24) is 29.8 Å². The Morgan fingerprint density at radius 2 is 1.93 bits per heavy atom. The Labute approximate surface area is 164 Å². The van der Waals surface area contributed by atoms with Gasteiger partial charge in [-0.2, -0.15) is 0 Å². The van der Waals surface area contributed by atoms with Crippen LogP contribution >= 0.6 is 0 Å². The minimum absolute atomic E-state index is 0.0174. The van der Waals surface area contributed by atoms with Gasteiger partial charge in [-0.3, -0.25) is 9.78 Å². The van der Waals surface area contributed by atoms with E-state index in [1.54, 1.807) is 0 Å². The molecule has 0 aliphatic heterocycles. The van der Waals surface area contributed by atoms with E-state index < -0.39 is 29.9 Å². The molecule has 0 aromatic carbocycles. The van der Waals surface area contributed by atoms with E-state index in [1.165, 1.54) is 6.07 Å². The smallest absolute Gasteiger partial charge is 0.281 e. The van der Waals surface area contributed by atoms with Crippen LogP contribution in [-0.2, 0) is 0 Å². The summed E-state index contributed by atoms with van der Waals surface area (Å²) in [6, 6.07) is 0.861. The first-order valence-corrected chi connectivity index (χ1v) is 9.29. The second kappa shape index (κ2) is 7.41. The van der Waals surface area contributed by atoms with Gasteiger partial charge in [0.2, 0.25) is 0 Å². The molecule has 0 radical (unpaired) electrons. The van der Waals surface area contributed by atoms with E-state index in [1.807, 2.05) is 18.4 Å². The van der Waals surface area contributed by atoms with Gasteiger partial charge in [-0.05, 0) is 32.6 Å². The number of carbonyl (C=O) groups is 1. The normalized spacial score (nSPS) is 15.3. The van der Waals surface area contributed by atoms with Gasteiger partial charge in [0.15, 0.2) is 5.65 Å². The van der Waals surface area contributed by atoms with Crippen LogP contribution in [-0.4, -0.2) is 30.4 Å². The summed E-state index contributed by atoms with van der Waals surface area (Å²) in [4.78, 5) is 28.8. The van der Waals surface area contributed by atoms with E-state index in [4.69, 9.17) is 0 Å². The van der Waals surface area contributed by atoms with Gasteiger partial charge in [0, 0.05) is 12.1 Å². The van der Waals surface area contributed by atoms with Crippen LogP contribution in [0.15, 0.2) is 24.7 Å². The Kier molecular flexibility index (Phi) is 4.93. The minimum atomic E-state index is -2.75. The van der Waals surface area contributed by atoms with Gasteiger partial charge >= 0.3 is 0 Å². The van der Waals surface area contributed by atoms with E-state index >= 15 is 0 Å². The van der Waals surface area contributed by atoms with Gasteiger partial charge in [-0.15, -0.1) is 0 Å². The van der Waals surface area contributed by atoms with E-state index in [0.717, 1.165) is 31.4 Å². The number of nitrogens with zero attached hydrogens (tertiary/aromatic N) is 5. The summed E-state index contributed by atoms with van der Waals surface area (Å²) in [5.41, 5.74) is 0.401.